The zero-order chi connectivity index (χ0) is 10.9. The van der Waals surface area contributed by atoms with E-state index in [1.54, 1.807) is 11.3 Å². The topological polar surface area (TPSA) is 68.0 Å². The van der Waals surface area contributed by atoms with Gasteiger partial charge in [-0.3, -0.25) is 4.79 Å². The summed E-state index contributed by atoms with van der Waals surface area (Å²) in [6.45, 7) is 2.44. The number of nitrogens with two attached hydrogens (primary N) is 1. The minimum absolute atomic E-state index is 0.0402. The summed E-state index contributed by atoms with van der Waals surface area (Å²) in [7, 11) is 0. The lowest BCUT2D eigenvalue weighted by Crippen LogP contribution is -2.58. The van der Waals surface area contributed by atoms with Crippen molar-refractivity contribution in [3.63, 3.8) is 0 Å². The second-order valence-corrected chi connectivity index (χ2v) is 5.02. The van der Waals surface area contributed by atoms with Crippen LogP contribution in [0, 0.1) is 6.92 Å². The average molecular weight is 225 g/mol. The first-order chi connectivity index (χ1) is 7.10. The summed E-state index contributed by atoms with van der Waals surface area (Å²) < 4.78 is 0. The molecule has 5 heteroatoms. The van der Waals surface area contributed by atoms with E-state index in [4.69, 9.17) is 5.73 Å². The summed E-state index contributed by atoms with van der Waals surface area (Å²) in [5, 5.41) is 5.75. The lowest BCUT2D eigenvalue weighted by molar-refractivity contribution is -0.129. The highest BCUT2D eigenvalue weighted by Crippen LogP contribution is 2.29. The largest absolute Gasteiger partial charge is 0.348 e. The minimum Gasteiger partial charge on any atom is -0.348 e. The molecule has 82 valence electrons. The zero-order valence-electron chi connectivity index (χ0n) is 8.75. The van der Waals surface area contributed by atoms with E-state index in [0.717, 1.165) is 30.0 Å². The van der Waals surface area contributed by atoms with Gasteiger partial charge in [0, 0.05) is 11.1 Å². The molecule has 0 unspecified atom stereocenters. The van der Waals surface area contributed by atoms with Gasteiger partial charge in [0.15, 0.2) is 0 Å². The lowest BCUT2D eigenvalue weighted by atomic mass is 9.77. The smallest absolute Gasteiger partial charge is 0.240 e. The van der Waals surface area contributed by atoms with Crippen molar-refractivity contribution < 1.29 is 4.79 Å². The number of thiazole rings is 1. The monoisotopic (exact) mass is 225 g/mol. The highest BCUT2D eigenvalue weighted by atomic mass is 32.1. The molecule has 0 atom stereocenters. The summed E-state index contributed by atoms with van der Waals surface area (Å²) in [5.41, 5.74) is 6.28. The first kappa shape index (κ1) is 10.6. The van der Waals surface area contributed by atoms with Crippen LogP contribution < -0.4 is 11.1 Å². The molecule has 0 saturated heterocycles. The third kappa shape index (κ3) is 2.18. The van der Waals surface area contributed by atoms with Crippen molar-refractivity contribution in [3.8, 4) is 0 Å². The molecule has 0 spiro atoms. The van der Waals surface area contributed by atoms with Crippen LogP contribution in [-0.2, 0) is 11.3 Å². The Morgan fingerprint density at radius 2 is 2.47 bits per heavy atom. The van der Waals surface area contributed by atoms with Gasteiger partial charge in [-0.05, 0) is 26.2 Å². The van der Waals surface area contributed by atoms with Gasteiger partial charge in [0.05, 0.1) is 12.1 Å². The number of hydrogen-bond donors (Lipinski definition) is 2. The Labute approximate surface area is 92.9 Å². The molecule has 2 rings (SSSR count). The quantitative estimate of drug-likeness (QED) is 0.804. The summed E-state index contributed by atoms with van der Waals surface area (Å²) in [5.74, 6) is -0.0402. The SMILES string of the molecule is Cc1csc(CNC(=O)C2(N)CCC2)n1. The summed E-state index contributed by atoms with van der Waals surface area (Å²) in [4.78, 5) is 15.9. The second-order valence-electron chi connectivity index (χ2n) is 4.07. The Bertz CT molecular complexity index is 370. The van der Waals surface area contributed by atoms with Crippen molar-refractivity contribution >= 4 is 17.2 Å². The Morgan fingerprint density at radius 1 is 1.73 bits per heavy atom. The Hall–Kier alpha value is -0.940. The van der Waals surface area contributed by atoms with E-state index in [0.29, 0.717) is 6.54 Å². The first-order valence-electron chi connectivity index (χ1n) is 5.08. The number of rotatable bonds is 3. The lowest BCUT2D eigenvalue weighted by Gasteiger charge is -2.36. The number of carbonyl (C=O) groups excluding carboxylic acids is 1. The van der Waals surface area contributed by atoms with E-state index in [1.807, 2.05) is 12.3 Å². The Kier molecular flexibility index (Phi) is 2.75. The van der Waals surface area contributed by atoms with Crippen LogP contribution in [0.2, 0.25) is 0 Å². The highest BCUT2D eigenvalue weighted by molar-refractivity contribution is 7.09. The molecule has 1 amide bonds. The Morgan fingerprint density at radius 3 is 2.93 bits per heavy atom. The number of carbonyl (C=O) groups is 1. The molecule has 0 aromatic carbocycles. The molecule has 0 bridgehead atoms. The summed E-state index contributed by atoms with van der Waals surface area (Å²) in [6, 6.07) is 0. The Balaban J connectivity index is 1.85. The van der Waals surface area contributed by atoms with Crippen LogP contribution >= 0.6 is 11.3 Å². The number of hydrogen-bond acceptors (Lipinski definition) is 4. The molecule has 4 nitrogen and oxygen atoms in total. The predicted octanol–water partition coefficient (Wildman–Crippen LogP) is 0.949. The van der Waals surface area contributed by atoms with E-state index in [-0.39, 0.29) is 5.91 Å². The normalized spacial score (nSPS) is 18.3. The number of aromatic nitrogens is 1. The van der Waals surface area contributed by atoms with Gasteiger partial charge in [0.2, 0.25) is 5.91 Å². The van der Waals surface area contributed by atoms with E-state index < -0.39 is 5.54 Å². The van der Waals surface area contributed by atoms with Crippen LogP contribution in [0.3, 0.4) is 0 Å². The maximum absolute atomic E-state index is 11.7. The van der Waals surface area contributed by atoms with Gasteiger partial charge in [-0.15, -0.1) is 11.3 Å². The van der Waals surface area contributed by atoms with E-state index in [9.17, 15) is 4.79 Å². The van der Waals surface area contributed by atoms with Crippen molar-refractivity contribution in [2.45, 2.75) is 38.3 Å². The van der Waals surface area contributed by atoms with Gasteiger partial charge >= 0.3 is 0 Å². The van der Waals surface area contributed by atoms with Crippen LogP contribution in [0.15, 0.2) is 5.38 Å². The maximum Gasteiger partial charge on any atom is 0.240 e. The summed E-state index contributed by atoms with van der Waals surface area (Å²) >= 11 is 1.56. The third-order valence-corrected chi connectivity index (χ3v) is 3.73. The fourth-order valence-corrected chi connectivity index (χ4v) is 2.31. The van der Waals surface area contributed by atoms with Gasteiger partial charge in [-0.2, -0.15) is 0 Å². The second kappa shape index (κ2) is 3.90. The molecule has 1 heterocycles. The van der Waals surface area contributed by atoms with Gasteiger partial charge in [-0.1, -0.05) is 0 Å². The van der Waals surface area contributed by atoms with Crippen molar-refractivity contribution in [2.75, 3.05) is 0 Å². The molecule has 1 aliphatic rings. The molecular formula is C10H15N3OS. The van der Waals surface area contributed by atoms with E-state index >= 15 is 0 Å². The average Bonchev–Trinajstić information content (AvgIpc) is 2.57. The van der Waals surface area contributed by atoms with Gasteiger partial charge in [0.25, 0.3) is 0 Å². The van der Waals surface area contributed by atoms with Crippen LogP contribution in [-0.4, -0.2) is 16.4 Å². The van der Waals surface area contributed by atoms with Crippen molar-refractivity contribution in [2.24, 2.45) is 5.73 Å². The summed E-state index contributed by atoms with van der Waals surface area (Å²) in [6.07, 6.45) is 2.66. The molecule has 0 aliphatic heterocycles. The standard InChI is InChI=1S/C10H15N3OS/c1-7-6-15-8(13-7)5-12-9(14)10(11)3-2-4-10/h6H,2-5,11H2,1H3,(H,12,14). The van der Waals surface area contributed by atoms with Crippen molar-refractivity contribution in [1.29, 1.82) is 0 Å². The molecule has 1 saturated carbocycles. The minimum atomic E-state index is -0.605. The number of nitrogens with zero attached hydrogens (tertiary/aromatic N) is 1. The van der Waals surface area contributed by atoms with Crippen LogP contribution in [0.1, 0.15) is 30.0 Å². The fourth-order valence-electron chi connectivity index (χ4n) is 1.60. The van der Waals surface area contributed by atoms with Crippen LogP contribution in [0.5, 0.6) is 0 Å². The van der Waals surface area contributed by atoms with E-state index in [1.165, 1.54) is 0 Å². The van der Waals surface area contributed by atoms with Crippen molar-refractivity contribution in [3.05, 3.63) is 16.1 Å². The number of amides is 1. The zero-order valence-corrected chi connectivity index (χ0v) is 9.56. The molecule has 1 aromatic rings. The fraction of sp³-hybridized carbons (Fsp3) is 0.600. The van der Waals surface area contributed by atoms with Crippen molar-refractivity contribution in [1.82, 2.24) is 10.3 Å². The van der Waals surface area contributed by atoms with Gasteiger partial charge in [-0.25, -0.2) is 4.98 Å². The van der Waals surface area contributed by atoms with Crippen LogP contribution in [0.4, 0.5) is 0 Å². The van der Waals surface area contributed by atoms with E-state index in [2.05, 4.69) is 10.3 Å². The molecule has 1 aliphatic carbocycles. The predicted molar refractivity (Wildman–Crippen MR) is 59.5 cm³/mol. The maximum atomic E-state index is 11.7. The number of nitrogens with one attached hydrogen (secondary N) is 1. The first-order valence-corrected chi connectivity index (χ1v) is 5.96. The molecular weight excluding hydrogens is 210 g/mol. The van der Waals surface area contributed by atoms with Gasteiger partial charge in [0.1, 0.15) is 5.01 Å². The van der Waals surface area contributed by atoms with Crippen LogP contribution in [0.25, 0.3) is 0 Å². The molecule has 3 N–H and O–H groups in total. The van der Waals surface area contributed by atoms with Gasteiger partial charge < -0.3 is 11.1 Å². The number of aryl methyl sites for hydroxylation is 1. The molecule has 0 radical (unpaired) electrons. The molecule has 1 aromatic heterocycles. The highest BCUT2D eigenvalue weighted by Gasteiger charge is 2.39. The molecule has 15 heavy (non-hydrogen) atoms. The molecule has 1 fully saturated rings. The third-order valence-electron chi connectivity index (χ3n) is 2.76.